The molecule has 0 aliphatic carbocycles. The van der Waals surface area contributed by atoms with E-state index >= 15 is 0 Å². The molecule has 2 heterocycles. The second kappa shape index (κ2) is 6.04. The second-order valence-electron chi connectivity index (χ2n) is 5.33. The van der Waals surface area contributed by atoms with Gasteiger partial charge in [-0.3, -0.25) is 0 Å². The molecule has 1 fully saturated rings. The summed E-state index contributed by atoms with van der Waals surface area (Å²) in [5, 5.41) is 0. The van der Waals surface area contributed by atoms with Crippen LogP contribution in [0, 0.1) is 0 Å². The van der Waals surface area contributed by atoms with Gasteiger partial charge >= 0.3 is 6.01 Å². The normalized spacial score (nSPS) is 20.4. The zero-order valence-electron chi connectivity index (χ0n) is 12.0. The first-order valence-corrected chi connectivity index (χ1v) is 7.01. The first kappa shape index (κ1) is 13.8. The first-order valence-electron chi connectivity index (χ1n) is 7.01. The van der Waals surface area contributed by atoms with Gasteiger partial charge in [-0.2, -0.15) is 15.0 Å². The Morgan fingerprint density at radius 1 is 1.21 bits per heavy atom. The number of rotatable bonds is 3. The highest BCUT2D eigenvalue weighted by Gasteiger charge is 2.21. The van der Waals surface area contributed by atoms with Crippen LogP contribution in [0.2, 0.25) is 0 Å². The van der Waals surface area contributed by atoms with Gasteiger partial charge in [0.15, 0.2) is 0 Å². The third-order valence-corrected chi connectivity index (χ3v) is 3.27. The molecule has 1 saturated heterocycles. The van der Waals surface area contributed by atoms with Crippen LogP contribution in [0.3, 0.4) is 0 Å². The minimum absolute atomic E-state index is 0.0243. The Labute approximate surface area is 114 Å². The number of ether oxygens (including phenoxy) is 1. The zero-order chi connectivity index (χ0) is 13.8. The van der Waals surface area contributed by atoms with Crippen LogP contribution in [-0.2, 0) is 0 Å². The standard InChI is InChI=1S/C13H23N5O/c1-9(2)19-13-16-11(14)15-12(17-13)18-8-6-4-5-7-10(18)3/h9-10H,4-8H2,1-3H3,(H2,14,15,16,17). The molecule has 0 aromatic carbocycles. The number of hydrogen-bond acceptors (Lipinski definition) is 6. The van der Waals surface area contributed by atoms with Gasteiger partial charge in [0.1, 0.15) is 0 Å². The maximum absolute atomic E-state index is 5.76. The molecule has 2 rings (SSSR count). The van der Waals surface area contributed by atoms with Crippen LogP contribution >= 0.6 is 0 Å². The molecule has 0 spiro atoms. The van der Waals surface area contributed by atoms with Crippen molar-refractivity contribution >= 4 is 11.9 Å². The van der Waals surface area contributed by atoms with Crippen molar-refractivity contribution in [3.63, 3.8) is 0 Å². The van der Waals surface area contributed by atoms with Crippen molar-refractivity contribution in [1.29, 1.82) is 0 Å². The van der Waals surface area contributed by atoms with Crippen molar-refractivity contribution < 1.29 is 4.74 Å². The summed E-state index contributed by atoms with van der Waals surface area (Å²) >= 11 is 0. The molecule has 2 N–H and O–H groups in total. The van der Waals surface area contributed by atoms with Gasteiger partial charge in [-0.25, -0.2) is 0 Å². The van der Waals surface area contributed by atoms with Crippen molar-refractivity contribution in [2.24, 2.45) is 0 Å². The summed E-state index contributed by atoms with van der Waals surface area (Å²) in [5.41, 5.74) is 5.76. The summed E-state index contributed by atoms with van der Waals surface area (Å²) < 4.78 is 5.52. The van der Waals surface area contributed by atoms with E-state index in [4.69, 9.17) is 10.5 Å². The summed E-state index contributed by atoms with van der Waals surface area (Å²) in [7, 11) is 0. The summed E-state index contributed by atoms with van der Waals surface area (Å²) in [6.07, 6.45) is 4.86. The van der Waals surface area contributed by atoms with E-state index in [-0.39, 0.29) is 12.1 Å². The van der Waals surface area contributed by atoms with Gasteiger partial charge in [0, 0.05) is 12.6 Å². The van der Waals surface area contributed by atoms with Gasteiger partial charge in [0.05, 0.1) is 6.10 Å². The molecule has 0 radical (unpaired) electrons. The quantitative estimate of drug-likeness (QED) is 0.900. The monoisotopic (exact) mass is 265 g/mol. The van der Waals surface area contributed by atoms with E-state index in [1.807, 2.05) is 13.8 Å². The maximum atomic E-state index is 5.76. The molecule has 0 bridgehead atoms. The molecule has 1 aliphatic heterocycles. The van der Waals surface area contributed by atoms with Crippen LogP contribution in [-0.4, -0.2) is 33.6 Å². The van der Waals surface area contributed by atoms with Gasteiger partial charge in [-0.05, 0) is 33.6 Å². The smallest absolute Gasteiger partial charge is 0.323 e. The van der Waals surface area contributed by atoms with Gasteiger partial charge in [0.2, 0.25) is 11.9 Å². The molecular weight excluding hydrogens is 242 g/mol. The van der Waals surface area contributed by atoms with E-state index in [2.05, 4.69) is 26.8 Å². The highest BCUT2D eigenvalue weighted by Crippen LogP contribution is 2.22. The topological polar surface area (TPSA) is 77.2 Å². The molecule has 1 aliphatic rings. The van der Waals surface area contributed by atoms with E-state index in [1.165, 1.54) is 12.8 Å². The summed E-state index contributed by atoms with van der Waals surface area (Å²) in [6.45, 7) is 7.04. The number of nitrogens with zero attached hydrogens (tertiary/aromatic N) is 4. The molecule has 1 unspecified atom stereocenters. The lowest BCUT2D eigenvalue weighted by atomic mass is 10.1. The lowest BCUT2D eigenvalue weighted by Gasteiger charge is -2.27. The highest BCUT2D eigenvalue weighted by atomic mass is 16.5. The van der Waals surface area contributed by atoms with Crippen LogP contribution in [0.15, 0.2) is 0 Å². The molecule has 6 heteroatoms. The lowest BCUT2D eigenvalue weighted by Crippen LogP contribution is -2.34. The predicted octanol–water partition coefficient (Wildman–Crippen LogP) is 2.01. The van der Waals surface area contributed by atoms with E-state index in [0.29, 0.717) is 18.0 Å². The Bertz CT molecular complexity index is 423. The van der Waals surface area contributed by atoms with E-state index in [9.17, 15) is 0 Å². The Morgan fingerprint density at radius 3 is 2.74 bits per heavy atom. The molecule has 1 atom stereocenters. The predicted molar refractivity (Wildman–Crippen MR) is 75.3 cm³/mol. The van der Waals surface area contributed by atoms with Crippen molar-refractivity contribution in [2.75, 3.05) is 17.2 Å². The summed E-state index contributed by atoms with van der Waals surface area (Å²) in [5.74, 6) is 0.856. The Hall–Kier alpha value is -1.59. The average Bonchev–Trinajstić information content (AvgIpc) is 2.52. The Kier molecular flexibility index (Phi) is 4.39. The van der Waals surface area contributed by atoms with Gasteiger partial charge < -0.3 is 15.4 Å². The van der Waals surface area contributed by atoms with Crippen LogP contribution in [0.5, 0.6) is 6.01 Å². The maximum Gasteiger partial charge on any atom is 0.323 e. The largest absolute Gasteiger partial charge is 0.461 e. The number of hydrogen-bond donors (Lipinski definition) is 1. The van der Waals surface area contributed by atoms with E-state index in [1.54, 1.807) is 0 Å². The van der Waals surface area contributed by atoms with Gasteiger partial charge in [0.25, 0.3) is 0 Å². The zero-order valence-corrected chi connectivity index (χ0v) is 12.0. The van der Waals surface area contributed by atoms with E-state index < -0.39 is 0 Å². The SMILES string of the molecule is CC(C)Oc1nc(N)nc(N2CCCCCC2C)n1. The molecule has 106 valence electrons. The molecule has 1 aromatic heterocycles. The van der Waals surface area contributed by atoms with Gasteiger partial charge in [-0.1, -0.05) is 12.8 Å². The molecule has 19 heavy (non-hydrogen) atoms. The number of nitrogen functional groups attached to an aromatic ring is 1. The number of anilines is 2. The van der Waals surface area contributed by atoms with Crippen LogP contribution < -0.4 is 15.4 Å². The fraction of sp³-hybridized carbons (Fsp3) is 0.769. The van der Waals surface area contributed by atoms with Crippen molar-refractivity contribution in [2.45, 2.75) is 58.6 Å². The van der Waals surface area contributed by atoms with Crippen LogP contribution in [0.25, 0.3) is 0 Å². The Morgan fingerprint density at radius 2 is 2.00 bits per heavy atom. The highest BCUT2D eigenvalue weighted by molar-refractivity contribution is 5.37. The van der Waals surface area contributed by atoms with Crippen molar-refractivity contribution in [1.82, 2.24) is 15.0 Å². The van der Waals surface area contributed by atoms with Crippen molar-refractivity contribution in [3.05, 3.63) is 0 Å². The molecule has 6 nitrogen and oxygen atoms in total. The second-order valence-corrected chi connectivity index (χ2v) is 5.33. The summed E-state index contributed by atoms with van der Waals surface area (Å²) in [4.78, 5) is 14.9. The number of aromatic nitrogens is 3. The molecule has 0 amide bonds. The third kappa shape index (κ3) is 3.68. The minimum Gasteiger partial charge on any atom is -0.461 e. The minimum atomic E-state index is 0.0243. The fourth-order valence-corrected chi connectivity index (χ4v) is 2.32. The first-order chi connectivity index (χ1) is 9.06. The lowest BCUT2D eigenvalue weighted by molar-refractivity contribution is 0.222. The average molecular weight is 265 g/mol. The van der Waals surface area contributed by atoms with Crippen LogP contribution in [0.1, 0.15) is 46.5 Å². The Balaban J connectivity index is 2.24. The third-order valence-electron chi connectivity index (χ3n) is 3.27. The number of nitrogens with two attached hydrogens (primary N) is 1. The van der Waals surface area contributed by atoms with Gasteiger partial charge in [-0.15, -0.1) is 0 Å². The molecule has 1 aromatic rings. The van der Waals surface area contributed by atoms with Crippen molar-refractivity contribution in [3.8, 4) is 6.01 Å². The fourth-order valence-electron chi connectivity index (χ4n) is 2.32. The summed E-state index contributed by atoms with van der Waals surface area (Å²) in [6, 6.07) is 0.741. The van der Waals surface area contributed by atoms with Crippen LogP contribution in [0.4, 0.5) is 11.9 Å². The molecular formula is C13H23N5O. The molecule has 0 saturated carbocycles. The van der Waals surface area contributed by atoms with E-state index in [0.717, 1.165) is 19.4 Å².